The highest BCUT2D eigenvalue weighted by atomic mass is 16.1. The topological polar surface area (TPSA) is 34.1 Å². The van der Waals surface area contributed by atoms with E-state index in [0.29, 0.717) is 12.8 Å². The lowest BCUT2D eigenvalue weighted by atomic mass is 9.94. The zero-order valence-electron chi connectivity index (χ0n) is 13.1. The summed E-state index contributed by atoms with van der Waals surface area (Å²) >= 11 is 0. The average Bonchev–Trinajstić information content (AvgIpc) is 2.46. The summed E-state index contributed by atoms with van der Waals surface area (Å²) in [6.45, 7) is 7.57. The minimum absolute atomic E-state index is 0.0976. The zero-order valence-corrected chi connectivity index (χ0v) is 13.1. The second-order valence-corrected chi connectivity index (χ2v) is 4.42. The first-order valence-electron chi connectivity index (χ1n) is 7.39. The van der Waals surface area contributed by atoms with Gasteiger partial charge in [-0.05, 0) is 18.9 Å². The molecule has 0 amide bonds. The standard InChI is InChI=1S/C16H20O2.C2H6/c1-3-8-15(18)11-7-12-16(13(2)17)14-9-5-4-6-10-14;1-2/h4-7,9-10,12,16H,3,8,11H2,1-2H3;1-2H3/b12-7+;/t16-;/m1./s1. The minimum Gasteiger partial charge on any atom is -0.299 e. The van der Waals surface area contributed by atoms with E-state index < -0.39 is 0 Å². The van der Waals surface area contributed by atoms with E-state index in [4.69, 9.17) is 0 Å². The Hall–Kier alpha value is -1.70. The number of allylic oxidation sites excluding steroid dienone is 2. The van der Waals surface area contributed by atoms with Crippen LogP contribution < -0.4 is 0 Å². The molecule has 0 spiro atoms. The summed E-state index contributed by atoms with van der Waals surface area (Å²) in [4.78, 5) is 23.0. The van der Waals surface area contributed by atoms with Crippen LogP contribution in [0.3, 0.4) is 0 Å². The normalized spacial score (nSPS) is 11.6. The van der Waals surface area contributed by atoms with Crippen molar-refractivity contribution in [2.75, 3.05) is 0 Å². The van der Waals surface area contributed by atoms with Gasteiger partial charge in [0.2, 0.25) is 0 Å². The first-order valence-corrected chi connectivity index (χ1v) is 7.39. The molecule has 0 bridgehead atoms. The summed E-state index contributed by atoms with van der Waals surface area (Å²) in [5, 5.41) is 0. The second-order valence-electron chi connectivity index (χ2n) is 4.42. The Morgan fingerprint density at radius 1 is 1.15 bits per heavy atom. The van der Waals surface area contributed by atoms with Crippen molar-refractivity contribution in [3.05, 3.63) is 48.0 Å². The average molecular weight is 274 g/mol. The molecule has 0 heterocycles. The molecule has 0 fully saturated rings. The molecular weight excluding hydrogens is 248 g/mol. The molecule has 0 aromatic heterocycles. The monoisotopic (exact) mass is 274 g/mol. The van der Waals surface area contributed by atoms with Crippen molar-refractivity contribution in [1.29, 1.82) is 0 Å². The van der Waals surface area contributed by atoms with Gasteiger partial charge >= 0.3 is 0 Å². The highest BCUT2D eigenvalue weighted by Crippen LogP contribution is 2.18. The second kappa shape index (κ2) is 11.2. The summed E-state index contributed by atoms with van der Waals surface area (Å²) in [6.07, 6.45) is 5.56. The molecule has 20 heavy (non-hydrogen) atoms. The molecule has 0 N–H and O–H groups in total. The van der Waals surface area contributed by atoms with E-state index in [1.807, 2.05) is 63.3 Å². The Labute approximate surface area is 122 Å². The third-order valence-corrected chi connectivity index (χ3v) is 2.80. The van der Waals surface area contributed by atoms with Gasteiger partial charge < -0.3 is 0 Å². The molecule has 2 nitrogen and oxygen atoms in total. The van der Waals surface area contributed by atoms with E-state index in [-0.39, 0.29) is 17.5 Å². The lowest BCUT2D eigenvalue weighted by Crippen LogP contribution is -2.06. The Bertz CT molecular complexity index is 418. The molecule has 2 heteroatoms. The smallest absolute Gasteiger partial charge is 0.141 e. The van der Waals surface area contributed by atoms with Gasteiger partial charge in [-0.15, -0.1) is 0 Å². The van der Waals surface area contributed by atoms with E-state index in [1.165, 1.54) is 0 Å². The van der Waals surface area contributed by atoms with E-state index in [1.54, 1.807) is 6.92 Å². The number of carbonyl (C=O) groups is 2. The Balaban J connectivity index is 0.00000172. The maximum absolute atomic E-state index is 11.6. The third kappa shape index (κ3) is 7.03. The van der Waals surface area contributed by atoms with Gasteiger partial charge in [-0.1, -0.05) is 63.3 Å². The molecule has 0 unspecified atom stereocenters. The van der Waals surface area contributed by atoms with Crippen molar-refractivity contribution in [3.8, 4) is 0 Å². The Morgan fingerprint density at radius 3 is 2.25 bits per heavy atom. The molecule has 0 saturated heterocycles. The summed E-state index contributed by atoms with van der Waals surface area (Å²) in [5.74, 6) is 0.0881. The number of Topliss-reactive ketones (excluding diaryl/α,β-unsaturated/α-hetero) is 2. The van der Waals surface area contributed by atoms with Crippen LogP contribution in [0.15, 0.2) is 42.5 Å². The molecule has 0 aliphatic rings. The van der Waals surface area contributed by atoms with Crippen molar-refractivity contribution in [3.63, 3.8) is 0 Å². The maximum Gasteiger partial charge on any atom is 0.141 e. The van der Waals surface area contributed by atoms with Gasteiger partial charge in [0, 0.05) is 12.8 Å². The molecule has 0 saturated carbocycles. The molecule has 0 aliphatic heterocycles. The van der Waals surface area contributed by atoms with Crippen LogP contribution >= 0.6 is 0 Å². The van der Waals surface area contributed by atoms with Crippen LogP contribution in [0.1, 0.15) is 58.4 Å². The van der Waals surface area contributed by atoms with Gasteiger partial charge in [0.25, 0.3) is 0 Å². The number of hydrogen-bond donors (Lipinski definition) is 0. The summed E-state index contributed by atoms with van der Waals surface area (Å²) in [6, 6.07) is 9.63. The number of ketones is 2. The van der Waals surface area contributed by atoms with Crippen LogP contribution in [0.25, 0.3) is 0 Å². The highest BCUT2D eigenvalue weighted by Gasteiger charge is 2.12. The summed E-state index contributed by atoms with van der Waals surface area (Å²) in [5.41, 5.74) is 0.976. The fourth-order valence-electron chi connectivity index (χ4n) is 1.86. The predicted molar refractivity (Wildman–Crippen MR) is 84.9 cm³/mol. The van der Waals surface area contributed by atoms with E-state index in [0.717, 1.165) is 12.0 Å². The lowest BCUT2D eigenvalue weighted by molar-refractivity contribution is -0.119. The summed E-state index contributed by atoms with van der Waals surface area (Å²) < 4.78 is 0. The molecule has 1 rings (SSSR count). The van der Waals surface area contributed by atoms with Crippen molar-refractivity contribution in [1.82, 2.24) is 0 Å². The van der Waals surface area contributed by atoms with Gasteiger partial charge in [-0.2, -0.15) is 0 Å². The zero-order chi connectivity index (χ0) is 15.4. The quantitative estimate of drug-likeness (QED) is 0.675. The maximum atomic E-state index is 11.6. The fourth-order valence-corrected chi connectivity index (χ4v) is 1.86. The van der Waals surface area contributed by atoms with E-state index >= 15 is 0 Å². The molecule has 1 aromatic rings. The van der Waals surface area contributed by atoms with E-state index in [2.05, 4.69) is 0 Å². The molecular formula is C18H26O2. The van der Waals surface area contributed by atoms with Crippen LogP contribution in [0.2, 0.25) is 0 Å². The largest absolute Gasteiger partial charge is 0.299 e. The molecule has 0 radical (unpaired) electrons. The SMILES string of the molecule is CC.CCCC(=O)C/C=C/[C@H](C(C)=O)c1ccccc1. The van der Waals surface area contributed by atoms with Crippen LogP contribution in [0, 0.1) is 0 Å². The predicted octanol–water partition coefficient (Wildman–Crippen LogP) is 4.70. The van der Waals surface area contributed by atoms with Crippen molar-refractivity contribution in [2.24, 2.45) is 0 Å². The van der Waals surface area contributed by atoms with Crippen LogP contribution in [0.5, 0.6) is 0 Å². The third-order valence-electron chi connectivity index (χ3n) is 2.80. The fraction of sp³-hybridized carbons (Fsp3) is 0.444. The van der Waals surface area contributed by atoms with Gasteiger partial charge in [0.1, 0.15) is 11.6 Å². The number of hydrogen-bond acceptors (Lipinski definition) is 2. The highest BCUT2D eigenvalue weighted by molar-refractivity contribution is 5.85. The van der Waals surface area contributed by atoms with Crippen molar-refractivity contribution < 1.29 is 9.59 Å². The number of carbonyl (C=O) groups excluding carboxylic acids is 2. The number of benzene rings is 1. The minimum atomic E-state index is -0.236. The molecule has 1 aromatic carbocycles. The Morgan fingerprint density at radius 2 is 1.75 bits per heavy atom. The number of rotatable bonds is 7. The molecule has 110 valence electrons. The first-order chi connectivity index (χ1) is 9.65. The van der Waals surface area contributed by atoms with Gasteiger partial charge in [-0.3, -0.25) is 9.59 Å². The van der Waals surface area contributed by atoms with Crippen LogP contribution in [-0.2, 0) is 9.59 Å². The van der Waals surface area contributed by atoms with Crippen LogP contribution in [0.4, 0.5) is 0 Å². The molecule has 0 aliphatic carbocycles. The first kappa shape index (κ1) is 18.3. The van der Waals surface area contributed by atoms with Gasteiger partial charge in [0.15, 0.2) is 0 Å². The van der Waals surface area contributed by atoms with Crippen molar-refractivity contribution in [2.45, 2.75) is 52.9 Å². The van der Waals surface area contributed by atoms with E-state index in [9.17, 15) is 9.59 Å². The Kier molecular flexibility index (Phi) is 10.2. The van der Waals surface area contributed by atoms with Crippen LogP contribution in [-0.4, -0.2) is 11.6 Å². The van der Waals surface area contributed by atoms with Crippen molar-refractivity contribution >= 4 is 11.6 Å². The summed E-state index contributed by atoms with van der Waals surface area (Å²) in [7, 11) is 0. The lowest BCUT2D eigenvalue weighted by Gasteiger charge is -2.08. The van der Waals surface area contributed by atoms with Gasteiger partial charge in [0.05, 0.1) is 5.92 Å². The van der Waals surface area contributed by atoms with Gasteiger partial charge in [-0.25, -0.2) is 0 Å². The molecule has 1 atom stereocenters.